The number of rotatable bonds is 3. The summed E-state index contributed by atoms with van der Waals surface area (Å²) in [4.78, 5) is 12.9. The molecule has 1 aliphatic heterocycles. The maximum absolute atomic E-state index is 13.9. The van der Waals surface area contributed by atoms with E-state index in [2.05, 4.69) is 26.7 Å². The second kappa shape index (κ2) is 6.14. The highest BCUT2D eigenvalue weighted by Crippen LogP contribution is 2.27. The molecule has 6 heteroatoms. The number of para-hydroxylation sites is 1. The zero-order valence-corrected chi connectivity index (χ0v) is 12.9. The molecule has 0 aliphatic carbocycles. The summed E-state index contributed by atoms with van der Waals surface area (Å²) < 4.78 is 13.9. The van der Waals surface area contributed by atoms with Crippen molar-refractivity contribution in [3.63, 3.8) is 0 Å². The van der Waals surface area contributed by atoms with E-state index >= 15 is 0 Å². The highest BCUT2D eigenvalue weighted by molar-refractivity contribution is 5.89. The maximum atomic E-state index is 13.9. The monoisotopic (exact) mass is 304 g/mol. The summed E-state index contributed by atoms with van der Waals surface area (Å²) in [6.07, 6.45) is 1.10. The highest BCUT2D eigenvalue weighted by Gasteiger charge is 2.26. The van der Waals surface area contributed by atoms with Gasteiger partial charge >= 0.3 is 0 Å². The van der Waals surface area contributed by atoms with Crippen LogP contribution in [0.25, 0.3) is 10.9 Å². The van der Waals surface area contributed by atoms with Gasteiger partial charge < -0.3 is 10.0 Å². The topological polar surface area (TPSA) is 52.5 Å². The Bertz CT molecular complexity index is 664. The molecule has 0 amide bonds. The predicted octanol–water partition coefficient (Wildman–Crippen LogP) is 1.66. The first-order valence-corrected chi connectivity index (χ1v) is 7.62. The van der Waals surface area contributed by atoms with Gasteiger partial charge in [-0.15, -0.1) is 0 Å². The molecule has 2 atom stereocenters. The van der Waals surface area contributed by atoms with Crippen LogP contribution < -0.4 is 4.90 Å². The summed E-state index contributed by atoms with van der Waals surface area (Å²) in [6.45, 7) is 7.12. The molecule has 5 nitrogen and oxygen atoms in total. The smallest absolute Gasteiger partial charge is 0.149 e. The van der Waals surface area contributed by atoms with Gasteiger partial charge in [-0.3, -0.25) is 4.90 Å². The van der Waals surface area contributed by atoms with E-state index in [0.717, 1.165) is 30.8 Å². The molecule has 118 valence electrons. The molecule has 0 spiro atoms. The molecule has 1 N–H and O–H groups in total. The lowest BCUT2D eigenvalue weighted by Crippen LogP contribution is -2.53. The average Bonchev–Trinajstić information content (AvgIpc) is 2.47. The number of hydrogen-bond acceptors (Lipinski definition) is 5. The molecule has 0 saturated carbocycles. The van der Waals surface area contributed by atoms with Crippen molar-refractivity contribution in [3.8, 4) is 0 Å². The Morgan fingerprint density at radius 3 is 2.91 bits per heavy atom. The van der Waals surface area contributed by atoms with Crippen molar-refractivity contribution in [2.24, 2.45) is 0 Å². The van der Waals surface area contributed by atoms with Gasteiger partial charge in [0.25, 0.3) is 0 Å². The highest BCUT2D eigenvalue weighted by atomic mass is 19.1. The largest absolute Gasteiger partial charge is 0.392 e. The van der Waals surface area contributed by atoms with Gasteiger partial charge in [-0.2, -0.15) is 0 Å². The second-order valence-corrected chi connectivity index (χ2v) is 5.98. The third-order valence-corrected chi connectivity index (χ3v) is 4.10. The van der Waals surface area contributed by atoms with E-state index in [1.54, 1.807) is 13.0 Å². The van der Waals surface area contributed by atoms with Gasteiger partial charge in [-0.05, 0) is 26.0 Å². The molecule has 22 heavy (non-hydrogen) atoms. The van der Waals surface area contributed by atoms with E-state index in [-0.39, 0.29) is 18.0 Å². The van der Waals surface area contributed by atoms with Crippen molar-refractivity contribution in [1.29, 1.82) is 0 Å². The summed E-state index contributed by atoms with van der Waals surface area (Å²) in [6, 6.07) is 5.22. The third-order valence-electron chi connectivity index (χ3n) is 4.10. The lowest BCUT2D eigenvalue weighted by molar-refractivity contribution is 0.114. The van der Waals surface area contributed by atoms with Gasteiger partial charge in [-0.1, -0.05) is 6.07 Å². The minimum atomic E-state index is -0.326. The zero-order valence-electron chi connectivity index (χ0n) is 12.9. The van der Waals surface area contributed by atoms with Crippen LogP contribution in [0.3, 0.4) is 0 Å². The van der Waals surface area contributed by atoms with Crippen LogP contribution in [0.1, 0.15) is 13.8 Å². The number of aromatic nitrogens is 2. The number of nitrogens with zero attached hydrogens (tertiary/aromatic N) is 4. The summed E-state index contributed by atoms with van der Waals surface area (Å²) >= 11 is 0. The quantitative estimate of drug-likeness (QED) is 0.934. The fourth-order valence-corrected chi connectivity index (χ4v) is 3.15. The molecule has 2 heterocycles. The molecular weight excluding hydrogens is 283 g/mol. The van der Waals surface area contributed by atoms with Gasteiger partial charge in [0, 0.05) is 37.6 Å². The number of halogens is 1. The zero-order chi connectivity index (χ0) is 15.7. The van der Waals surface area contributed by atoms with E-state index in [4.69, 9.17) is 0 Å². The van der Waals surface area contributed by atoms with Crippen LogP contribution in [-0.4, -0.2) is 58.3 Å². The van der Waals surface area contributed by atoms with Crippen molar-refractivity contribution in [1.82, 2.24) is 14.9 Å². The Morgan fingerprint density at radius 2 is 2.18 bits per heavy atom. The van der Waals surface area contributed by atoms with Crippen LogP contribution in [0.15, 0.2) is 24.5 Å². The number of benzene rings is 1. The SMILES string of the molecule is CC(O)CN1CCN(c2ncnc3c(F)cccc23)C(C)C1. The summed E-state index contributed by atoms with van der Waals surface area (Å²) in [5, 5.41) is 10.3. The summed E-state index contributed by atoms with van der Waals surface area (Å²) in [5.41, 5.74) is 0.367. The van der Waals surface area contributed by atoms with Crippen molar-refractivity contribution < 1.29 is 9.50 Å². The minimum absolute atomic E-state index is 0.244. The first-order valence-electron chi connectivity index (χ1n) is 7.62. The molecule has 1 fully saturated rings. The van der Waals surface area contributed by atoms with E-state index < -0.39 is 0 Å². The summed E-state index contributed by atoms with van der Waals surface area (Å²) in [7, 11) is 0. The number of hydrogen-bond donors (Lipinski definition) is 1. The number of fused-ring (bicyclic) bond motifs is 1. The van der Waals surface area contributed by atoms with Crippen molar-refractivity contribution >= 4 is 16.7 Å². The number of anilines is 1. The second-order valence-electron chi connectivity index (χ2n) is 5.98. The van der Waals surface area contributed by atoms with Crippen LogP contribution in [-0.2, 0) is 0 Å². The van der Waals surface area contributed by atoms with E-state index in [9.17, 15) is 9.50 Å². The molecule has 1 saturated heterocycles. The van der Waals surface area contributed by atoms with Crippen LogP contribution in [0.2, 0.25) is 0 Å². The van der Waals surface area contributed by atoms with E-state index in [1.807, 2.05) is 6.07 Å². The van der Waals surface area contributed by atoms with Crippen LogP contribution in [0.4, 0.5) is 10.2 Å². The van der Waals surface area contributed by atoms with Crippen LogP contribution in [0, 0.1) is 5.82 Å². The van der Waals surface area contributed by atoms with Crippen molar-refractivity contribution in [3.05, 3.63) is 30.3 Å². The average molecular weight is 304 g/mol. The molecule has 1 aromatic heterocycles. The predicted molar refractivity (Wildman–Crippen MR) is 84.4 cm³/mol. The Morgan fingerprint density at radius 1 is 1.36 bits per heavy atom. The first-order chi connectivity index (χ1) is 10.6. The molecule has 3 rings (SSSR count). The first kappa shape index (κ1) is 15.1. The Hall–Kier alpha value is -1.79. The molecule has 1 aliphatic rings. The number of aliphatic hydroxyl groups is 1. The lowest BCUT2D eigenvalue weighted by atomic mass is 10.1. The third kappa shape index (κ3) is 2.89. The summed E-state index contributed by atoms with van der Waals surface area (Å²) in [5.74, 6) is 0.468. The van der Waals surface area contributed by atoms with Crippen LogP contribution in [0.5, 0.6) is 0 Å². The van der Waals surface area contributed by atoms with Gasteiger partial charge in [-0.25, -0.2) is 14.4 Å². The number of aliphatic hydroxyl groups excluding tert-OH is 1. The van der Waals surface area contributed by atoms with E-state index in [0.29, 0.717) is 12.1 Å². The Balaban J connectivity index is 1.88. The molecule has 0 radical (unpaired) electrons. The van der Waals surface area contributed by atoms with Gasteiger partial charge in [0.15, 0.2) is 0 Å². The standard InChI is InChI=1S/C16H21FN4O/c1-11-8-20(9-12(2)22)6-7-21(11)16-13-4-3-5-14(17)15(13)18-10-19-16/h3-5,10-12,22H,6-9H2,1-2H3. The minimum Gasteiger partial charge on any atom is -0.392 e. The number of β-amino-alcohol motifs (C(OH)–C–C–N with tert-alkyl or cyclic N) is 1. The van der Waals surface area contributed by atoms with Gasteiger partial charge in [0.1, 0.15) is 23.5 Å². The molecule has 1 aromatic carbocycles. The van der Waals surface area contributed by atoms with Crippen LogP contribution >= 0.6 is 0 Å². The number of piperazine rings is 1. The Kier molecular flexibility index (Phi) is 4.22. The van der Waals surface area contributed by atoms with Crippen molar-refractivity contribution in [2.45, 2.75) is 26.0 Å². The Labute approximate surface area is 129 Å². The maximum Gasteiger partial charge on any atom is 0.149 e. The molecule has 2 unspecified atom stereocenters. The lowest BCUT2D eigenvalue weighted by Gasteiger charge is -2.41. The molecular formula is C16H21FN4O. The van der Waals surface area contributed by atoms with Crippen molar-refractivity contribution in [2.75, 3.05) is 31.1 Å². The molecule has 0 bridgehead atoms. The van der Waals surface area contributed by atoms with E-state index in [1.165, 1.54) is 12.4 Å². The van der Waals surface area contributed by atoms with Gasteiger partial charge in [0.05, 0.1) is 6.10 Å². The normalized spacial score (nSPS) is 21.3. The fourth-order valence-electron chi connectivity index (χ4n) is 3.15. The molecule has 2 aromatic rings. The fraction of sp³-hybridized carbons (Fsp3) is 0.500. The van der Waals surface area contributed by atoms with Gasteiger partial charge in [0.2, 0.25) is 0 Å².